The first-order chi connectivity index (χ1) is 17.1. The number of hydrogen-bond acceptors (Lipinski definition) is 2. The van der Waals surface area contributed by atoms with Crippen molar-refractivity contribution in [2.75, 3.05) is 13.2 Å². The van der Waals surface area contributed by atoms with E-state index in [0.29, 0.717) is 24.7 Å². The molecule has 0 radical (unpaired) electrons. The third-order valence-electron chi connectivity index (χ3n) is 9.17. The highest BCUT2D eigenvalue weighted by molar-refractivity contribution is 5.33. The Labute approximate surface area is 211 Å². The first kappa shape index (κ1) is 26.6. The minimum Gasteiger partial charge on any atom is -0.490 e. The second-order valence-corrected chi connectivity index (χ2v) is 11.4. The molecule has 0 spiro atoms. The molecule has 3 aliphatic rings. The highest BCUT2D eigenvalue weighted by Crippen LogP contribution is 2.45. The monoisotopic (exact) mass is 488 g/mol. The molecule has 0 bridgehead atoms. The fourth-order valence-electron chi connectivity index (χ4n) is 7.01. The Hall–Kier alpha value is -1.42. The lowest BCUT2D eigenvalue weighted by Crippen LogP contribution is -2.35. The molecule has 2 atom stereocenters. The van der Waals surface area contributed by atoms with Gasteiger partial charge in [0, 0.05) is 5.92 Å². The largest absolute Gasteiger partial charge is 0.490 e. The van der Waals surface area contributed by atoms with E-state index in [1.165, 1.54) is 64.2 Å². The van der Waals surface area contributed by atoms with Gasteiger partial charge in [0.1, 0.15) is 0 Å². The van der Waals surface area contributed by atoms with Gasteiger partial charge in [-0.15, -0.1) is 0 Å². The summed E-state index contributed by atoms with van der Waals surface area (Å²) in [5, 5.41) is 0. The number of ether oxygens (including phenoxy) is 2. The Balaban J connectivity index is 1.20. The van der Waals surface area contributed by atoms with Gasteiger partial charge in [0.2, 0.25) is 5.82 Å². The molecule has 2 nitrogen and oxygen atoms in total. The van der Waals surface area contributed by atoms with Gasteiger partial charge in [-0.05, 0) is 113 Å². The molecule has 1 aromatic carbocycles. The smallest absolute Gasteiger partial charge is 0.200 e. The van der Waals surface area contributed by atoms with E-state index in [-0.39, 0.29) is 17.8 Å². The molecule has 1 heterocycles. The standard InChI is InChI=1S/C31H46F2O2/c1-3-5-6-7-22-8-10-23(11-9-22)24-12-14-25(15-13-24)28-18-16-26(21-35-28)27-17-19-29(34-20-4-2)31(33)30(27)32/h3,5,17,19,22-26,28H,4,6-16,18,20-21H2,1-2H3. The van der Waals surface area contributed by atoms with Crippen molar-refractivity contribution in [1.29, 1.82) is 0 Å². The molecule has 4 heteroatoms. The minimum atomic E-state index is -0.858. The van der Waals surface area contributed by atoms with E-state index in [2.05, 4.69) is 19.1 Å². The lowest BCUT2D eigenvalue weighted by Gasteiger charge is -2.41. The van der Waals surface area contributed by atoms with Crippen LogP contribution in [0.3, 0.4) is 0 Å². The molecule has 4 rings (SSSR count). The highest BCUT2D eigenvalue weighted by Gasteiger charge is 2.36. The van der Waals surface area contributed by atoms with Crippen molar-refractivity contribution >= 4 is 0 Å². The van der Waals surface area contributed by atoms with Crippen molar-refractivity contribution in [3.63, 3.8) is 0 Å². The Bertz CT molecular complexity index is 798. The van der Waals surface area contributed by atoms with Gasteiger partial charge >= 0.3 is 0 Å². The maximum atomic E-state index is 14.7. The number of benzene rings is 1. The summed E-state index contributed by atoms with van der Waals surface area (Å²) in [6.45, 7) is 4.95. The van der Waals surface area contributed by atoms with Gasteiger partial charge in [-0.2, -0.15) is 4.39 Å². The van der Waals surface area contributed by atoms with Gasteiger partial charge in [-0.1, -0.05) is 38.0 Å². The van der Waals surface area contributed by atoms with Crippen molar-refractivity contribution in [3.8, 4) is 5.75 Å². The summed E-state index contributed by atoms with van der Waals surface area (Å²) in [5.74, 6) is 1.75. The van der Waals surface area contributed by atoms with Crippen molar-refractivity contribution in [2.24, 2.45) is 23.7 Å². The summed E-state index contributed by atoms with van der Waals surface area (Å²) in [6, 6.07) is 3.27. The number of hydrogen-bond donors (Lipinski definition) is 0. The quantitative estimate of drug-likeness (QED) is 0.323. The van der Waals surface area contributed by atoms with Gasteiger partial charge in [-0.25, -0.2) is 4.39 Å². The van der Waals surface area contributed by atoms with Gasteiger partial charge in [0.25, 0.3) is 0 Å². The summed E-state index contributed by atoms with van der Waals surface area (Å²) >= 11 is 0. The number of halogens is 2. The zero-order valence-corrected chi connectivity index (χ0v) is 22.0. The highest BCUT2D eigenvalue weighted by atomic mass is 19.2. The van der Waals surface area contributed by atoms with E-state index in [1.54, 1.807) is 12.1 Å². The van der Waals surface area contributed by atoms with Crippen LogP contribution in [-0.2, 0) is 4.74 Å². The molecule has 0 aromatic heterocycles. The van der Waals surface area contributed by atoms with Crippen molar-refractivity contribution < 1.29 is 18.3 Å². The average molecular weight is 489 g/mol. The zero-order valence-electron chi connectivity index (χ0n) is 22.0. The third-order valence-corrected chi connectivity index (χ3v) is 9.17. The van der Waals surface area contributed by atoms with Gasteiger partial charge in [0.05, 0.1) is 19.3 Å². The Morgan fingerprint density at radius 3 is 2.20 bits per heavy atom. The van der Waals surface area contributed by atoms with Crippen LogP contribution in [-0.4, -0.2) is 19.3 Å². The van der Waals surface area contributed by atoms with E-state index in [1.807, 2.05) is 6.92 Å². The van der Waals surface area contributed by atoms with Crippen LogP contribution < -0.4 is 4.74 Å². The molecule has 0 amide bonds. The van der Waals surface area contributed by atoms with Crippen LogP contribution in [0.25, 0.3) is 0 Å². The topological polar surface area (TPSA) is 18.5 Å². The molecule has 2 aliphatic carbocycles. The van der Waals surface area contributed by atoms with Crippen molar-refractivity contribution in [1.82, 2.24) is 0 Å². The third kappa shape index (κ3) is 6.87. The maximum Gasteiger partial charge on any atom is 0.200 e. The van der Waals surface area contributed by atoms with Crippen molar-refractivity contribution in [2.45, 2.75) is 109 Å². The molecule has 1 saturated heterocycles. The summed E-state index contributed by atoms with van der Waals surface area (Å²) in [7, 11) is 0. The molecule has 3 fully saturated rings. The van der Waals surface area contributed by atoms with E-state index < -0.39 is 11.6 Å². The first-order valence-electron chi connectivity index (χ1n) is 14.4. The molecule has 2 saturated carbocycles. The summed E-state index contributed by atoms with van der Waals surface area (Å²) in [4.78, 5) is 0. The van der Waals surface area contributed by atoms with Crippen LogP contribution >= 0.6 is 0 Å². The van der Waals surface area contributed by atoms with Gasteiger partial charge in [-0.3, -0.25) is 0 Å². The van der Waals surface area contributed by atoms with Crippen LogP contribution in [0.2, 0.25) is 0 Å². The second-order valence-electron chi connectivity index (χ2n) is 11.4. The number of allylic oxidation sites excluding steroid dienone is 2. The molecule has 35 heavy (non-hydrogen) atoms. The van der Waals surface area contributed by atoms with E-state index >= 15 is 0 Å². The summed E-state index contributed by atoms with van der Waals surface area (Å²) in [6.07, 6.45) is 21.0. The molecule has 196 valence electrons. The molecular weight excluding hydrogens is 442 g/mol. The Morgan fingerprint density at radius 2 is 1.57 bits per heavy atom. The SMILES string of the molecule is CC=CCCC1CCC(C2CCC(C3CCC(c4ccc(OCCC)c(F)c4F)CO3)CC2)CC1. The predicted molar refractivity (Wildman–Crippen MR) is 139 cm³/mol. The van der Waals surface area contributed by atoms with Gasteiger partial charge < -0.3 is 9.47 Å². The van der Waals surface area contributed by atoms with E-state index in [0.717, 1.165) is 37.0 Å². The van der Waals surface area contributed by atoms with Crippen LogP contribution in [0.4, 0.5) is 8.78 Å². The number of rotatable bonds is 9. The van der Waals surface area contributed by atoms with Crippen LogP contribution in [0, 0.1) is 35.3 Å². The van der Waals surface area contributed by atoms with Crippen molar-refractivity contribution in [3.05, 3.63) is 41.5 Å². The molecule has 0 N–H and O–H groups in total. The maximum absolute atomic E-state index is 14.7. The molecule has 2 unspecified atom stereocenters. The molecule has 1 aliphatic heterocycles. The fraction of sp³-hybridized carbons (Fsp3) is 0.742. The summed E-state index contributed by atoms with van der Waals surface area (Å²) in [5.41, 5.74) is 0.440. The summed E-state index contributed by atoms with van der Waals surface area (Å²) < 4.78 is 40.8. The molecule has 1 aromatic rings. The molecular formula is C31H46F2O2. The normalized spacial score (nSPS) is 32.1. The lowest BCUT2D eigenvalue weighted by atomic mass is 9.67. The first-order valence-corrected chi connectivity index (χ1v) is 14.4. The second kappa shape index (κ2) is 13.2. The zero-order chi connectivity index (χ0) is 24.6. The van der Waals surface area contributed by atoms with Crippen LogP contribution in [0.1, 0.15) is 109 Å². The minimum absolute atomic E-state index is 0.0154. The lowest BCUT2D eigenvalue weighted by molar-refractivity contribution is -0.0469. The van der Waals surface area contributed by atoms with Crippen LogP contribution in [0.15, 0.2) is 24.3 Å². The van der Waals surface area contributed by atoms with E-state index in [4.69, 9.17) is 9.47 Å². The van der Waals surface area contributed by atoms with Gasteiger partial charge in [0.15, 0.2) is 11.6 Å². The predicted octanol–water partition coefficient (Wildman–Crippen LogP) is 8.99. The Morgan fingerprint density at radius 1 is 0.886 bits per heavy atom. The van der Waals surface area contributed by atoms with E-state index in [9.17, 15) is 8.78 Å². The average Bonchev–Trinajstić information content (AvgIpc) is 2.90. The Kier molecular flexibility index (Phi) is 10.1. The van der Waals surface area contributed by atoms with Crippen LogP contribution in [0.5, 0.6) is 5.75 Å². The fourth-order valence-corrected chi connectivity index (χ4v) is 7.01.